The van der Waals surface area contributed by atoms with Crippen LogP contribution >= 0.6 is 0 Å². The van der Waals surface area contributed by atoms with Crippen LogP contribution in [0.5, 0.6) is 5.75 Å². The van der Waals surface area contributed by atoms with Crippen molar-refractivity contribution in [1.29, 1.82) is 0 Å². The number of hydrogen-bond donors (Lipinski definition) is 1. The minimum Gasteiger partial charge on any atom is -0.465 e. The fourth-order valence-electron chi connectivity index (χ4n) is 1.68. The van der Waals surface area contributed by atoms with Gasteiger partial charge in [0.15, 0.2) is 6.17 Å². The molecule has 1 saturated heterocycles. The van der Waals surface area contributed by atoms with E-state index in [1.807, 2.05) is 0 Å². The topological polar surface area (TPSA) is 49.8 Å². The number of carboxylic acid groups (broad SMARTS) is 1. The van der Waals surface area contributed by atoms with E-state index in [4.69, 9.17) is 9.84 Å². The zero-order valence-electron chi connectivity index (χ0n) is 8.76. The summed E-state index contributed by atoms with van der Waals surface area (Å²) in [6.45, 7) is 1.29. The Kier molecular flexibility index (Phi) is 2.46. The maximum Gasteiger partial charge on any atom is 0.410 e. The van der Waals surface area contributed by atoms with Crippen molar-refractivity contribution in [3.63, 3.8) is 0 Å². The number of amides is 1. The summed E-state index contributed by atoms with van der Waals surface area (Å²) in [6, 6.07) is 8.62. The Balaban J connectivity index is 2.16. The Labute approximate surface area is 92.2 Å². The summed E-state index contributed by atoms with van der Waals surface area (Å²) >= 11 is 0. The van der Waals surface area contributed by atoms with E-state index in [-0.39, 0.29) is 6.54 Å². The van der Waals surface area contributed by atoms with Gasteiger partial charge in [0.25, 0.3) is 0 Å². The number of alkyl halides is 1. The van der Waals surface area contributed by atoms with Crippen LogP contribution in [-0.4, -0.2) is 34.5 Å². The van der Waals surface area contributed by atoms with Crippen molar-refractivity contribution < 1.29 is 19.0 Å². The summed E-state index contributed by atoms with van der Waals surface area (Å²) in [6.07, 6.45) is -2.48. The van der Waals surface area contributed by atoms with E-state index in [2.05, 4.69) is 0 Å². The molecule has 86 valence electrons. The number of halogens is 1. The van der Waals surface area contributed by atoms with E-state index in [0.29, 0.717) is 5.75 Å². The smallest absolute Gasteiger partial charge is 0.410 e. The van der Waals surface area contributed by atoms with Crippen molar-refractivity contribution in [2.75, 3.05) is 6.54 Å². The Bertz CT molecular complexity index is 397. The summed E-state index contributed by atoms with van der Waals surface area (Å²) in [5.74, 6) is 0.457. The number of hydrogen-bond acceptors (Lipinski definition) is 2. The number of rotatable bonds is 2. The van der Waals surface area contributed by atoms with Gasteiger partial charge in [-0.05, 0) is 19.1 Å². The molecule has 1 amide bonds. The third-order valence-electron chi connectivity index (χ3n) is 2.76. The van der Waals surface area contributed by atoms with Gasteiger partial charge in [-0.25, -0.2) is 9.18 Å². The molecule has 2 unspecified atom stereocenters. The van der Waals surface area contributed by atoms with Crippen LogP contribution in [0.1, 0.15) is 6.92 Å². The highest BCUT2D eigenvalue weighted by Crippen LogP contribution is 2.35. The second kappa shape index (κ2) is 3.66. The maximum atomic E-state index is 13.4. The van der Waals surface area contributed by atoms with E-state index in [1.165, 1.54) is 6.92 Å². The first-order chi connectivity index (χ1) is 7.54. The zero-order valence-corrected chi connectivity index (χ0v) is 8.76. The van der Waals surface area contributed by atoms with E-state index in [9.17, 15) is 9.18 Å². The number of ether oxygens (including phenoxy) is 1. The van der Waals surface area contributed by atoms with Crippen LogP contribution < -0.4 is 4.74 Å². The van der Waals surface area contributed by atoms with Crippen LogP contribution in [0.3, 0.4) is 0 Å². The quantitative estimate of drug-likeness (QED) is 0.838. The molecule has 1 N–H and O–H groups in total. The zero-order chi connectivity index (χ0) is 11.8. The summed E-state index contributed by atoms with van der Waals surface area (Å²) in [5.41, 5.74) is -1.41. The minimum atomic E-state index is -1.41. The Morgan fingerprint density at radius 1 is 1.56 bits per heavy atom. The lowest BCUT2D eigenvalue weighted by Gasteiger charge is -2.50. The summed E-state index contributed by atoms with van der Waals surface area (Å²) < 4.78 is 18.8. The van der Waals surface area contributed by atoms with E-state index in [1.54, 1.807) is 30.3 Å². The van der Waals surface area contributed by atoms with Crippen molar-refractivity contribution >= 4 is 6.09 Å². The molecule has 1 aromatic carbocycles. The molecule has 0 bridgehead atoms. The van der Waals surface area contributed by atoms with Gasteiger partial charge in [0.05, 0.1) is 6.54 Å². The monoisotopic (exact) mass is 225 g/mol. The normalized spacial score (nSPS) is 28.4. The van der Waals surface area contributed by atoms with Crippen LogP contribution in [0.4, 0.5) is 9.18 Å². The molecule has 5 heteroatoms. The number of para-hydroxylation sites is 1. The van der Waals surface area contributed by atoms with Crippen LogP contribution in [-0.2, 0) is 0 Å². The fourth-order valence-corrected chi connectivity index (χ4v) is 1.68. The lowest BCUT2D eigenvalue weighted by molar-refractivity contribution is -0.183. The van der Waals surface area contributed by atoms with E-state index < -0.39 is 18.0 Å². The summed E-state index contributed by atoms with van der Waals surface area (Å²) in [5, 5.41) is 8.84. The van der Waals surface area contributed by atoms with Crippen molar-refractivity contribution in [2.24, 2.45) is 0 Å². The third kappa shape index (κ3) is 1.58. The summed E-state index contributed by atoms with van der Waals surface area (Å²) in [7, 11) is 0. The molecular formula is C11H12FNO3. The van der Waals surface area contributed by atoms with Gasteiger partial charge in [-0.1, -0.05) is 18.2 Å². The first kappa shape index (κ1) is 10.7. The molecule has 0 radical (unpaired) electrons. The maximum absolute atomic E-state index is 13.4. The third-order valence-corrected chi connectivity index (χ3v) is 2.76. The molecule has 0 spiro atoms. The standard InChI is InChI=1S/C11H12FNO3/c1-11(9(12)7-13(11)10(14)15)16-8-5-3-2-4-6-8/h2-6,9H,7H2,1H3,(H,14,15). The molecule has 1 fully saturated rings. The van der Waals surface area contributed by atoms with Gasteiger partial charge >= 0.3 is 6.09 Å². The van der Waals surface area contributed by atoms with Crippen LogP contribution in [0, 0.1) is 0 Å². The predicted molar refractivity (Wildman–Crippen MR) is 55.1 cm³/mol. The Hall–Kier alpha value is -1.78. The van der Waals surface area contributed by atoms with Crippen molar-refractivity contribution in [3.05, 3.63) is 30.3 Å². The molecule has 2 rings (SSSR count). The Morgan fingerprint density at radius 3 is 2.69 bits per heavy atom. The van der Waals surface area contributed by atoms with Crippen molar-refractivity contribution in [3.8, 4) is 5.75 Å². The average molecular weight is 225 g/mol. The molecule has 0 aromatic heterocycles. The van der Waals surface area contributed by atoms with Gasteiger partial charge in [0.1, 0.15) is 5.75 Å². The predicted octanol–water partition coefficient (Wildman–Crippen LogP) is 2.11. The first-order valence-corrected chi connectivity index (χ1v) is 4.93. The Morgan fingerprint density at radius 2 is 2.19 bits per heavy atom. The molecule has 1 aliphatic heterocycles. The van der Waals surface area contributed by atoms with Crippen molar-refractivity contribution in [2.45, 2.75) is 18.8 Å². The molecule has 1 heterocycles. The molecule has 1 aromatic rings. The second-order valence-corrected chi connectivity index (χ2v) is 3.83. The number of nitrogens with zero attached hydrogens (tertiary/aromatic N) is 1. The minimum absolute atomic E-state index is 0.140. The van der Waals surface area contributed by atoms with Gasteiger partial charge in [-0.2, -0.15) is 0 Å². The second-order valence-electron chi connectivity index (χ2n) is 3.83. The number of likely N-dealkylation sites (tertiary alicyclic amines) is 1. The molecule has 0 aliphatic carbocycles. The first-order valence-electron chi connectivity index (χ1n) is 4.93. The van der Waals surface area contributed by atoms with Gasteiger partial charge in [-0.15, -0.1) is 0 Å². The van der Waals surface area contributed by atoms with Crippen LogP contribution in [0.15, 0.2) is 30.3 Å². The number of carbonyl (C=O) groups is 1. The van der Waals surface area contributed by atoms with Gasteiger partial charge in [0.2, 0.25) is 5.72 Å². The number of benzene rings is 1. The molecular weight excluding hydrogens is 213 g/mol. The van der Waals surface area contributed by atoms with E-state index >= 15 is 0 Å². The molecule has 16 heavy (non-hydrogen) atoms. The van der Waals surface area contributed by atoms with E-state index in [0.717, 1.165) is 4.90 Å². The average Bonchev–Trinajstić information content (AvgIpc) is 2.26. The molecule has 4 nitrogen and oxygen atoms in total. The molecule has 1 aliphatic rings. The summed E-state index contributed by atoms with van der Waals surface area (Å²) in [4.78, 5) is 11.8. The highest BCUT2D eigenvalue weighted by Gasteiger charge is 2.56. The van der Waals surface area contributed by atoms with Crippen LogP contribution in [0.25, 0.3) is 0 Å². The molecule has 0 saturated carbocycles. The largest absolute Gasteiger partial charge is 0.465 e. The van der Waals surface area contributed by atoms with Gasteiger partial charge < -0.3 is 9.84 Å². The highest BCUT2D eigenvalue weighted by molar-refractivity contribution is 5.67. The lowest BCUT2D eigenvalue weighted by Crippen LogP contribution is -2.71. The fraction of sp³-hybridized carbons (Fsp3) is 0.364. The van der Waals surface area contributed by atoms with Crippen LogP contribution in [0.2, 0.25) is 0 Å². The highest BCUT2D eigenvalue weighted by atomic mass is 19.1. The van der Waals surface area contributed by atoms with Crippen molar-refractivity contribution in [1.82, 2.24) is 4.90 Å². The molecule has 2 atom stereocenters. The van der Waals surface area contributed by atoms with Gasteiger partial charge in [0, 0.05) is 0 Å². The van der Waals surface area contributed by atoms with Gasteiger partial charge in [-0.3, -0.25) is 4.90 Å². The SMILES string of the molecule is CC1(Oc2ccccc2)C(F)CN1C(=O)O. The lowest BCUT2D eigenvalue weighted by atomic mass is 9.98.